The van der Waals surface area contributed by atoms with E-state index in [0.29, 0.717) is 19.3 Å². The summed E-state index contributed by atoms with van der Waals surface area (Å²) in [5.74, 6) is -1.58. The Morgan fingerprint density at radius 2 is 0.445 bits per heavy atom. The Morgan fingerprint density at radius 1 is 0.244 bits per heavy atom. The number of rotatable bonds is 90. The molecule has 5 unspecified atom stereocenters. The standard InChI is InChI=1S/C101H174O16P2/c1-4-7-10-13-16-19-22-25-28-31-34-36-38-40-42-44-45-46-47-48-49-51-53-54-56-58-61-63-66-69-72-75-78-81-84-87-99(104)111-90-96(102)91-113-118(107,108)114-92-97(103)93-115-119(109,110)116-95-98(117-101(106)89-86-83-80-77-74-71-68-65-60-33-30-27-24-21-18-15-12-9-6-3)94-112-100(105)88-85-82-79-76-73-70-67-64-62-59-57-55-52-50-43-41-39-37-35-32-29-26-23-20-17-14-11-8-5-2/h8,11,16-21,25-30,34-37,40-43,52,55,60,65,96-98,102-103H,4-7,9-10,12-15,22-24,31-33,38-39,44-51,53-54,56-59,61-64,66-95H2,1-3H3,(H,107,108)(H,109,110)/b11-8-,19-16-,20-17-,21-18-,28-25-,29-26-,30-27-,36-34-,37-35-,42-40-,43-41-,55-52-,65-60-. The first-order chi connectivity index (χ1) is 58.2. The lowest BCUT2D eigenvalue weighted by Crippen LogP contribution is -2.30. The van der Waals surface area contributed by atoms with Crippen LogP contribution in [0.5, 0.6) is 0 Å². The van der Waals surface area contributed by atoms with E-state index in [2.05, 4.69) is 179 Å². The highest BCUT2D eigenvalue weighted by Crippen LogP contribution is 2.45. The van der Waals surface area contributed by atoms with Crippen LogP contribution in [0.15, 0.2) is 158 Å². The highest BCUT2D eigenvalue weighted by atomic mass is 31.2. The van der Waals surface area contributed by atoms with Crippen LogP contribution in [-0.2, 0) is 55.8 Å². The van der Waals surface area contributed by atoms with Crippen molar-refractivity contribution in [1.82, 2.24) is 0 Å². The summed E-state index contributed by atoms with van der Waals surface area (Å²) in [7, 11) is -9.81. The maximum absolute atomic E-state index is 13.1. The van der Waals surface area contributed by atoms with Gasteiger partial charge in [-0.3, -0.25) is 32.5 Å². The number of esters is 3. The van der Waals surface area contributed by atoms with Crippen LogP contribution in [-0.4, -0.2) is 95.9 Å². The van der Waals surface area contributed by atoms with Crippen LogP contribution in [0.25, 0.3) is 0 Å². The van der Waals surface area contributed by atoms with Gasteiger partial charge in [-0.1, -0.05) is 391 Å². The molecule has 5 atom stereocenters. The van der Waals surface area contributed by atoms with Gasteiger partial charge in [0.1, 0.15) is 25.4 Å². The summed E-state index contributed by atoms with van der Waals surface area (Å²) >= 11 is 0. The third-order valence-corrected chi connectivity index (χ3v) is 22.1. The molecular weight excluding hydrogens is 1530 g/mol. The molecule has 0 bridgehead atoms. The molecule has 0 saturated heterocycles. The summed E-state index contributed by atoms with van der Waals surface area (Å²) in [4.78, 5) is 59.0. The van der Waals surface area contributed by atoms with Crippen molar-refractivity contribution in [3.05, 3.63) is 158 Å². The van der Waals surface area contributed by atoms with Crippen molar-refractivity contribution in [3.8, 4) is 0 Å². The first-order valence-electron chi connectivity index (χ1n) is 47.8. The van der Waals surface area contributed by atoms with E-state index in [1.54, 1.807) is 0 Å². The van der Waals surface area contributed by atoms with E-state index in [1.165, 1.54) is 180 Å². The number of unbranched alkanes of at least 4 members (excludes halogenated alkanes) is 41. The Morgan fingerprint density at radius 3 is 0.706 bits per heavy atom. The molecule has 0 rings (SSSR count). The molecule has 18 heteroatoms. The second kappa shape index (κ2) is 92.4. The van der Waals surface area contributed by atoms with Crippen molar-refractivity contribution in [3.63, 3.8) is 0 Å². The van der Waals surface area contributed by atoms with E-state index < -0.39 is 91.5 Å². The van der Waals surface area contributed by atoms with Crippen LogP contribution >= 0.6 is 15.6 Å². The molecule has 0 aliphatic heterocycles. The molecule has 0 aromatic carbocycles. The van der Waals surface area contributed by atoms with E-state index in [-0.39, 0.29) is 19.3 Å². The number of hydrogen-bond acceptors (Lipinski definition) is 14. The minimum absolute atomic E-state index is 0.0860. The lowest BCUT2D eigenvalue weighted by Gasteiger charge is -2.21. The molecule has 684 valence electrons. The van der Waals surface area contributed by atoms with Crippen molar-refractivity contribution in [2.24, 2.45) is 0 Å². The van der Waals surface area contributed by atoms with E-state index in [9.17, 15) is 43.5 Å². The van der Waals surface area contributed by atoms with Gasteiger partial charge in [0, 0.05) is 19.3 Å². The Bertz CT molecular complexity index is 2790. The largest absolute Gasteiger partial charge is 0.472 e. The van der Waals surface area contributed by atoms with E-state index in [0.717, 1.165) is 167 Å². The maximum Gasteiger partial charge on any atom is 0.472 e. The molecule has 0 amide bonds. The average Bonchev–Trinajstić information content (AvgIpc) is 0.902. The van der Waals surface area contributed by atoms with Crippen molar-refractivity contribution in [2.75, 3.05) is 39.6 Å². The van der Waals surface area contributed by atoms with Gasteiger partial charge in [0.05, 0.1) is 26.4 Å². The van der Waals surface area contributed by atoms with Crippen molar-refractivity contribution in [1.29, 1.82) is 0 Å². The average molecular weight is 1710 g/mol. The van der Waals surface area contributed by atoms with Crippen LogP contribution in [0.1, 0.15) is 406 Å². The number of aliphatic hydroxyl groups is 2. The van der Waals surface area contributed by atoms with Crippen molar-refractivity contribution >= 4 is 33.6 Å². The Balaban J connectivity index is 4.51. The first-order valence-corrected chi connectivity index (χ1v) is 50.8. The van der Waals surface area contributed by atoms with E-state index >= 15 is 0 Å². The lowest BCUT2D eigenvalue weighted by atomic mass is 10.0. The fourth-order valence-electron chi connectivity index (χ4n) is 13.0. The number of phosphoric ester groups is 2. The molecule has 0 aliphatic carbocycles. The fraction of sp³-hybridized carbons (Fsp3) is 0.713. The van der Waals surface area contributed by atoms with Gasteiger partial charge in [-0.05, 0) is 154 Å². The number of ether oxygens (including phenoxy) is 3. The Labute approximate surface area is 727 Å². The molecule has 4 N–H and O–H groups in total. The molecule has 119 heavy (non-hydrogen) atoms. The Hall–Kier alpha value is -4.83. The summed E-state index contributed by atoms with van der Waals surface area (Å²) in [6, 6.07) is 0. The van der Waals surface area contributed by atoms with Crippen LogP contribution < -0.4 is 0 Å². The van der Waals surface area contributed by atoms with Gasteiger partial charge >= 0.3 is 33.6 Å². The number of phosphoric acid groups is 2. The van der Waals surface area contributed by atoms with Gasteiger partial charge in [-0.15, -0.1) is 0 Å². The predicted molar refractivity (Wildman–Crippen MR) is 500 cm³/mol. The quantitative estimate of drug-likeness (QED) is 0.0146. The highest BCUT2D eigenvalue weighted by Gasteiger charge is 2.30. The molecule has 0 saturated carbocycles. The lowest BCUT2D eigenvalue weighted by molar-refractivity contribution is -0.161. The number of carbonyl (C=O) groups excluding carboxylic acids is 3. The van der Waals surface area contributed by atoms with Crippen LogP contribution in [0.2, 0.25) is 0 Å². The molecule has 0 radical (unpaired) electrons. The fourth-order valence-corrected chi connectivity index (χ4v) is 14.6. The zero-order valence-electron chi connectivity index (χ0n) is 75.5. The van der Waals surface area contributed by atoms with Crippen LogP contribution in [0, 0.1) is 0 Å². The molecular formula is C101H174O16P2. The molecule has 0 aromatic heterocycles. The minimum atomic E-state index is -4.95. The summed E-state index contributed by atoms with van der Waals surface area (Å²) in [5, 5.41) is 20.7. The molecule has 0 aromatic rings. The first kappa shape index (κ1) is 114. The Kier molecular flexibility index (Phi) is 88.6. The van der Waals surface area contributed by atoms with Crippen LogP contribution in [0.4, 0.5) is 0 Å². The third kappa shape index (κ3) is 93.7. The molecule has 0 heterocycles. The van der Waals surface area contributed by atoms with Crippen LogP contribution in [0.3, 0.4) is 0 Å². The number of aliphatic hydroxyl groups excluding tert-OH is 2. The number of hydrogen-bond donors (Lipinski definition) is 4. The smallest absolute Gasteiger partial charge is 0.463 e. The normalized spacial score (nSPS) is 14.4. The molecule has 16 nitrogen and oxygen atoms in total. The summed E-state index contributed by atoms with van der Waals surface area (Å²) in [6.07, 6.45) is 119. The maximum atomic E-state index is 13.1. The molecule has 0 spiro atoms. The van der Waals surface area contributed by atoms with Crippen molar-refractivity contribution in [2.45, 2.75) is 424 Å². The zero-order chi connectivity index (χ0) is 86.5. The zero-order valence-corrected chi connectivity index (χ0v) is 77.3. The van der Waals surface area contributed by atoms with Gasteiger partial charge < -0.3 is 34.2 Å². The van der Waals surface area contributed by atoms with Gasteiger partial charge in [0.2, 0.25) is 0 Å². The number of allylic oxidation sites excluding steroid dienone is 26. The van der Waals surface area contributed by atoms with Gasteiger partial charge in [0.25, 0.3) is 0 Å². The summed E-state index contributed by atoms with van der Waals surface area (Å²) in [5.41, 5.74) is 0. The van der Waals surface area contributed by atoms with Gasteiger partial charge in [-0.2, -0.15) is 0 Å². The predicted octanol–water partition coefficient (Wildman–Crippen LogP) is 29.7. The van der Waals surface area contributed by atoms with Gasteiger partial charge in [-0.25, -0.2) is 9.13 Å². The summed E-state index contributed by atoms with van der Waals surface area (Å²) < 4.78 is 61.5. The SMILES string of the molecule is CC/C=C\C/C=C\C/C=C\C/C=C\C/C=C\C/C=C\CCCCCCCCCCCCC(=O)OCC(COP(=O)(O)OCC(O)COP(=O)(O)OCC(O)COC(=O)CCCCCCCCCCCCCCCCCCCCC/C=C\C/C=C\C/C=C\C/C=C\CCCCC)OC(=O)CCCCCCCC/C=C\C/C=C\C/C=C\CCCCC. The molecule has 0 aliphatic rings. The number of carbonyl (C=O) groups is 3. The van der Waals surface area contributed by atoms with Crippen molar-refractivity contribution < 1.29 is 75.8 Å². The van der Waals surface area contributed by atoms with E-state index in [4.69, 9.17) is 32.3 Å². The van der Waals surface area contributed by atoms with E-state index in [1.807, 2.05) is 0 Å². The second-order valence-electron chi connectivity index (χ2n) is 31.8. The third-order valence-electron chi connectivity index (χ3n) is 20.2. The monoisotopic (exact) mass is 1710 g/mol. The minimum Gasteiger partial charge on any atom is -0.463 e. The molecule has 0 fully saturated rings. The highest BCUT2D eigenvalue weighted by molar-refractivity contribution is 7.47. The second-order valence-corrected chi connectivity index (χ2v) is 34.7. The van der Waals surface area contributed by atoms with Gasteiger partial charge in [0.15, 0.2) is 6.10 Å². The topological polar surface area (TPSA) is 231 Å². The summed E-state index contributed by atoms with van der Waals surface area (Å²) in [6.45, 7) is 2.55.